The van der Waals surface area contributed by atoms with Crippen molar-refractivity contribution in [2.75, 3.05) is 0 Å². The molecule has 3 aromatic rings. The number of ketones is 1. The lowest BCUT2D eigenvalue weighted by atomic mass is 9.92. The number of halogens is 2. The van der Waals surface area contributed by atoms with Gasteiger partial charge >= 0.3 is 0 Å². The third-order valence-corrected chi connectivity index (χ3v) is 3.27. The molecule has 0 atom stereocenters. The highest BCUT2D eigenvalue weighted by Gasteiger charge is 2.28. The van der Waals surface area contributed by atoms with Gasteiger partial charge in [-0.1, -0.05) is 0 Å². The normalized spacial score (nSPS) is 11.3. The molecule has 4 rings (SSSR count). The monoisotopic (exact) mass is 505 g/mol. The summed E-state index contributed by atoms with van der Waals surface area (Å²) in [4.78, 5) is 25.0. The van der Waals surface area contributed by atoms with Crippen molar-refractivity contribution >= 4 is 64.5 Å². The zero-order valence-corrected chi connectivity index (χ0v) is 15.1. The maximum Gasteiger partial charge on any atom is 0.214 e. The highest BCUT2D eigenvalue weighted by molar-refractivity contribution is 14.0. The van der Waals surface area contributed by atoms with Gasteiger partial charge < -0.3 is 5.11 Å². The average Bonchev–Trinajstić information content (AvgIpc) is 2.46. The summed E-state index contributed by atoms with van der Waals surface area (Å²) in [6.45, 7) is 0. The van der Waals surface area contributed by atoms with Gasteiger partial charge in [0.2, 0.25) is 5.78 Å². The number of aromatic hydroxyl groups is 1. The topological polar surface area (TPSA) is 76.0 Å². The van der Waals surface area contributed by atoms with Gasteiger partial charge in [-0.3, -0.25) is 14.8 Å². The summed E-state index contributed by atoms with van der Waals surface area (Å²) in [6.07, 6.45) is 4.50. The highest BCUT2D eigenvalue weighted by atomic mass is 127. The smallest absolute Gasteiger partial charge is 0.214 e. The van der Waals surface area contributed by atoms with Gasteiger partial charge in [0, 0.05) is 23.2 Å². The third kappa shape index (κ3) is 2.18. The summed E-state index contributed by atoms with van der Waals surface area (Å²) >= 11 is 0. The predicted molar refractivity (Wildman–Crippen MR) is 98.7 cm³/mol. The number of nitrogens with zero attached hydrogens (tertiary/aromatic N) is 3. The Bertz CT molecular complexity index is 868. The van der Waals surface area contributed by atoms with Crippen molar-refractivity contribution in [1.82, 2.24) is 15.0 Å². The van der Waals surface area contributed by atoms with E-state index in [1.54, 1.807) is 30.6 Å². The van der Waals surface area contributed by atoms with Crippen molar-refractivity contribution in [3.63, 3.8) is 0 Å². The first-order chi connectivity index (χ1) is 9.27. The molecule has 1 aliphatic rings. The van der Waals surface area contributed by atoms with Crippen LogP contribution in [0.5, 0.6) is 5.75 Å². The molecule has 0 fully saturated rings. The summed E-state index contributed by atoms with van der Waals surface area (Å²) < 4.78 is 0. The molecule has 0 radical (unpaired) electrons. The molecule has 0 aromatic carbocycles. The van der Waals surface area contributed by atoms with Gasteiger partial charge in [-0.05, 0) is 18.2 Å². The molecule has 7 heteroatoms. The van der Waals surface area contributed by atoms with E-state index in [4.69, 9.17) is 0 Å². The SMILES string of the molecule is I.I.O=C1c2cccnc2-c2nccc3c(O)cnc1c23. The van der Waals surface area contributed by atoms with Crippen molar-refractivity contribution in [2.24, 2.45) is 0 Å². The lowest BCUT2D eigenvalue weighted by molar-refractivity contribution is 0.103. The van der Waals surface area contributed by atoms with Crippen LogP contribution >= 0.6 is 48.0 Å². The van der Waals surface area contributed by atoms with E-state index in [9.17, 15) is 9.90 Å². The Morgan fingerprint density at radius 2 is 1.67 bits per heavy atom. The fraction of sp³-hybridized carbons (Fsp3) is 0. The zero-order valence-electron chi connectivity index (χ0n) is 10.5. The van der Waals surface area contributed by atoms with E-state index in [0.717, 1.165) is 0 Å². The number of hydrogen-bond acceptors (Lipinski definition) is 5. The van der Waals surface area contributed by atoms with Crippen molar-refractivity contribution in [3.05, 3.63) is 48.0 Å². The standard InChI is InChI=1S/C14H7N3O2.2HI/c18-9-6-17-13-10-7(9)3-5-16-12(10)11-8(14(13)19)2-1-4-15-11;;/h1-6,18H;2*1H. The Kier molecular flexibility index (Phi) is 4.42. The lowest BCUT2D eigenvalue weighted by Gasteiger charge is -2.17. The number of aromatic nitrogens is 3. The molecule has 1 aliphatic carbocycles. The van der Waals surface area contributed by atoms with Crippen LogP contribution in [0.15, 0.2) is 36.8 Å². The fourth-order valence-corrected chi connectivity index (χ4v) is 2.43. The zero-order chi connectivity index (χ0) is 13.0. The minimum Gasteiger partial charge on any atom is -0.506 e. The Morgan fingerprint density at radius 3 is 2.48 bits per heavy atom. The van der Waals surface area contributed by atoms with Crippen molar-refractivity contribution in [1.29, 1.82) is 0 Å². The molecule has 0 unspecified atom stereocenters. The van der Waals surface area contributed by atoms with Crippen LogP contribution in [-0.4, -0.2) is 25.8 Å². The largest absolute Gasteiger partial charge is 0.506 e. The maximum absolute atomic E-state index is 12.4. The van der Waals surface area contributed by atoms with Gasteiger partial charge in [0.25, 0.3) is 0 Å². The van der Waals surface area contributed by atoms with E-state index in [1.165, 1.54) is 6.20 Å². The lowest BCUT2D eigenvalue weighted by Crippen LogP contribution is -2.13. The number of pyridine rings is 3. The second kappa shape index (κ2) is 5.79. The average molecular weight is 505 g/mol. The van der Waals surface area contributed by atoms with Crippen LogP contribution in [0.25, 0.3) is 22.2 Å². The molecular weight excluding hydrogens is 496 g/mol. The van der Waals surface area contributed by atoms with Crippen molar-refractivity contribution in [3.8, 4) is 17.1 Å². The van der Waals surface area contributed by atoms with E-state index < -0.39 is 0 Å². The number of fused-ring (bicyclic) bond motifs is 2. The van der Waals surface area contributed by atoms with Crippen LogP contribution in [0, 0.1) is 0 Å². The molecule has 0 bridgehead atoms. The summed E-state index contributed by atoms with van der Waals surface area (Å²) in [5.41, 5.74) is 1.94. The Hall–Kier alpha value is -1.36. The van der Waals surface area contributed by atoms with Crippen LogP contribution in [-0.2, 0) is 0 Å². The minimum atomic E-state index is -0.186. The number of carbonyl (C=O) groups is 1. The first-order valence-electron chi connectivity index (χ1n) is 5.74. The van der Waals surface area contributed by atoms with Gasteiger partial charge in [0.1, 0.15) is 17.1 Å². The van der Waals surface area contributed by atoms with Crippen molar-refractivity contribution in [2.45, 2.75) is 0 Å². The second-order valence-corrected chi connectivity index (χ2v) is 4.30. The number of carbonyl (C=O) groups excluding carboxylic acids is 1. The fourth-order valence-electron chi connectivity index (χ4n) is 2.43. The number of rotatable bonds is 0. The predicted octanol–water partition coefficient (Wildman–Crippen LogP) is 3.18. The van der Waals surface area contributed by atoms with E-state index in [0.29, 0.717) is 33.4 Å². The summed E-state index contributed by atoms with van der Waals surface area (Å²) in [5.74, 6) is -0.150. The minimum absolute atomic E-state index is 0. The summed E-state index contributed by atoms with van der Waals surface area (Å²) in [5, 5.41) is 11.0. The van der Waals surface area contributed by atoms with Gasteiger partial charge in [-0.25, -0.2) is 4.98 Å². The van der Waals surface area contributed by atoms with Crippen LogP contribution < -0.4 is 0 Å². The molecule has 1 N–H and O–H groups in total. The van der Waals surface area contributed by atoms with E-state index in [1.807, 2.05) is 0 Å². The van der Waals surface area contributed by atoms with E-state index in [2.05, 4.69) is 15.0 Å². The Labute approximate surface area is 153 Å². The molecule has 3 heterocycles. The molecule has 0 saturated carbocycles. The molecule has 106 valence electrons. The molecule has 0 spiro atoms. The first kappa shape index (κ1) is 16.0. The molecule has 0 saturated heterocycles. The van der Waals surface area contributed by atoms with E-state index >= 15 is 0 Å². The van der Waals surface area contributed by atoms with Gasteiger partial charge in [-0.15, -0.1) is 48.0 Å². The summed E-state index contributed by atoms with van der Waals surface area (Å²) in [7, 11) is 0. The third-order valence-electron chi connectivity index (χ3n) is 3.27. The van der Waals surface area contributed by atoms with Crippen LogP contribution in [0.1, 0.15) is 16.1 Å². The van der Waals surface area contributed by atoms with Crippen molar-refractivity contribution < 1.29 is 9.90 Å². The molecule has 3 aromatic heterocycles. The Balaban J connectivity index is 0.000000807. The van der Waals surface area contributed by atoms with Crippen LogP contribution in [0.2, 0.25) is 0 Å². The van der Waals surface area contributed by atoms with Gasteiger partial charge in [0.15, 0.2) is 0 Å². The quantitative estimate of drug-likeness (QED) is 0.372. The second-order valence-electron chi connectivity index (χ2n) is 4.30. The molecule has 21 heavy (non-hydrogen) atoms. The first-order valence-corrected chi connectivity index (χ1v) is 5.74. The van der Waals surface area contributed by atoms with Gasteiger partial charge in [-0.2, -0.15) is 0 Å². The maximum atomic E-state index is 12.4. The number of hydrogen-bond donors (Lipinski definition) is 1. The molecule has 0 aliphatic heterocycles. The van der Waals surface area contributed by atoms with Crippen LogP contribution in [0.4, 0.5) is 0 Å². The highest BCUT2D eigenvalue weighted by Crippen LogP contribution is 2.38. The van der Waals surface area contributed by atoms with E-state index in [-0.39, 0.29) is 59.5 Å². The van der Waals surface area contributed by atoms with Crippen LogP contribution in [0.3, 0.4) is 0 Å². The molecular formula is C14H9I2N3O2. The molecule has 5 nitrogen and oxygen atoms in total. The Morgan fingerprint density at radius 1 is 0.905 bits per heavy atom. The molecule has 0 amide bonds. The summed E-state index contributed by atoms with van der Waals surface area (Å²) in [6, 6.07) is 5.09. The van der Waals surface area contributed by atoms with Gasteiger partial charge in [0.05, 0.1) is 17.5 Å².